The molecule has 4 aliphatic rings. The summed E-state index contributed by atoms with van der Waals surface area (Å²) in [5.74, 6) is 0.889. The fourth-order valence-corrected chi connectivity index (χ4v) is 5.08. The summed E-state index contributed by atoms with van der Waals surface area (Å²) in [5.41, 5.74) is 8.90. The fourth-order valence-electron chi connectivity index (χ4n) is 5.08. The van der Waals surface area contributed by atoms with Gasteiger partial charge in [0.25, 0.3) is 0 Å². The van der Waals surface area contributed by atoms with E-state index in [0.717, 1.165) is 44.9 Å². The molecule has 1 unspecified atom stereocenters. The molecule has 2 saturated carbocycles. The first kappa shape index (κ1) is 19.4. The zero-order valence-corrected chi connectivity index (χ0v) is 18.1. The van der Waals surface area contributed by atoms with Crippen molar-refractivity contribution in [2.45, 2.75) is 70.1 Å². The van der Waals surface area contributed by atoms with Crippen LogP contribution in [-0.4, -0.2) is 47.7 Å². The number of hydrogen-bond acceptors (Lipinski definition) is 4. The van der Waals surface area contributed by atoms with Crippen LogP contribution in [0.15, 0.2) is 24.3 Å². The number of likely N-dealkylation sites (tertiary alicyclic amines) is 2. The highest BCUT2D eigenvalue weighted by Gasteiger charge is 2.55. The summed E-state index contributed by atoms with van der Waals surface area (Å²) in [6.45, 7) is 9.63. The average molecular weight is 398 g/mol. The Morgan fingerprint density at radius 3 is 2.28 bits per heavy atom. The van der Waals surface area contributed by atoms with Crippen LogP contribution in [0.25, 0.3) is 0 Å². The van der Waals surface area contributed by atoms with Gasteiger partial charge in [0.05, 0.1) is 0 Å². The number of carbonyl (C=O) groups excluding carboxylic acids is 1. The number of carbonyl (C=O) groups is 1. The molecule has 2 aliphatic carbocycles. The maximum Gasteiger partial charge on any atom is 0.410 e. The van der Waals surface area contributed by atoms with Crippen molar-refractivity contribution < 1.29 is 9.53 Å². The van der Waals surface area contributed by atoms with Crippen LogP contribution in [0.1, 0.15) is 70.0 Å². The molecule has 2 N–H and O–H groups in total. The molecular formula is C24H35N3O2. The molecule has 29 heavy (non-hydrogen) atoms. The number of rotatable bonds is 5. The predicted molar refractivity (Wildman–Crippen MR) is 113 cm³/mol. The van der Waals surface area contributed by atoms with Gasteiger partial charge in [-0.3, -0.25) is 4.90 Å². The molecule has 1 spiro atoms. The summed E-state index contributed by atoms with van der Waals surface area (Å²) in [6, 6.07) is 9.64. The Morgan fingerprint density at radius 2 is 1.76 bits per heavy atom. The van der Waals surface area contributed by atoms with Crippen molar-refractivity contribution in [1.82, 2.24) is 9.80 Å². The van der Waals surface area contributed by atoms with Gasteiger partial charge in [-0.1, -0.05) is 37.1 Å². The minimum absolute atomic E-state index is 0.0532. The Labute approximate surface area is 174 Å². The maximum atomic E-state index is 12.3. The van der Waals surface area contributed by atoms with Crippen molar-refractivity contribution in [1.29, 1.82) is 0 Å². The van der Waals surface area contributed by atoms with Gasteiger partial charge >= 0.3 is 6.09 Å². The van der Waals surface area contributed by atoms with E-state index in [2.05, 4.69) is 29.2 Å². The smallest absolute Gasteiger partial charge is 0.410 e. The minimum atomic E-state index is -0.421. The molecule has 158 valence electrons. The van der Waals surface area contributed by atoms with Crippen molar-refractivity contribution in [3.05, 3.63) is 35.4 Å². The molecule has 5 rings (SSSR count). The van der Waals surface area contributed by atoms with Crippen molar-refractivity contribution in [2.75, 3.05) is 26.2 Å². The first-order valence-electron chi connectivity index (χ1n) is 11.3. The molecule has 1 aromatic rings. The Hall–Kier alpha value is -1.59. The van der Waals surface area contributed by atoms with E-state index in [4.69, 9.17) is 10.5 Å². The van der Waals surface area contributed by atoms with Gasteiger partial charge in [0.15, 0.2) is 0 Å². The van der Waals surface area contributed by atoms with Gasteiger partial charge < -0.3 is 15.4 Å². The predicted octanol–water partition coefficient (Wildman–Crippen LogP) is 4.03. The Kier molecular flexibility index (Phi) is 4.31. The summed E-state index contributed by atoms with van der Waals surface area (Å²) in [5, 5.41) is 0. The maximum absolute atomic E-state index is 12.3. The Bertz CT molecular complexity index is 775. The lowest BCUT2D eigenvalue weighted by molar-refractivity contribution is -0.128. The minimum Gasteiger partial charge on any atom is -0.444 e. The van der Waals surface area contributed by atoms with Gasteiger partial charge in [-0.15, -0.1) is 0 Å². The number of ether oxygens (including phenoxy) is 1. The van der Waals surface area contributed by atoms with Gasteiger partial charge in [-0.05, 0) is 57.1 Å². The highest BCUT2D eigenvalue weighted by molar-refractivity contribution is 5.69. The third kappa shape index (κ3) is 3.91. The summed E-state index contributed by atoms with van der Waals surface area (Å²) in [6.07, 6.45) is 6.08. The molecule has 0 bridgehead atoms. The van der Waals surface area contributed by atoms with E-state index in [1.165, 1.54) is 30.4 Å². The second-order valence-electron chi connectivity index (χ2n) is 11.2. The van der Waals surface area contributed by atoms with Crippen LogP contribution in [-0.2, 0) is 10.3 Å². The molecule has 1 atom stereocenters. The molecule has 0 radical (unpaired) electrons. The Morgan fingerprint density at radius 1 is 1.14 bits per heavy atom. The second-order valence-corrected chi connectivity index (χ2v) is 11.2. The molecule has 2 heterocycles. The van der Waals surface area contributed by atoms with Crippen LogP contribution in [0.4, 0.5) is 4.79 Å². The van der Waals surface area contributed by atoms with E-state index in [-0.39, 0.29) is 17.0 Å². The topological polar surface area (TPSA) is 58.8 Å². The third-order valence-electron chi connectivity index (χ3n) is 7.13. The molecule has 5 nitrogen and oxygen atoms in total. The van der Waals surface area contributed by atoms with Crippen molar-refractivity contribution in [3.63, 3.8) is 0 Å². The van der Waals surface area contributed by atoms with Crippen LogP contribution >= 0.6 is 0 Å². The lowest BCUT2D eigenvalue weighted by Gasteiger charge is -2.61. The molecule has 0 aromatic heterocycles. The molecule has 1 aromatic carbocycles. The van der Waals surface area contributed by atoms with Gasteiger partial charge in [0, 0.05) is 43.2 Å². The lowest BCUT2D eigenvalue weighted by Crippen LogP contribution is -2.73. The van der Waals surface area contributed by atoms with Gasteiger partial charge in [0.2, 0.25) is 0 Å². The second kappa shape index (κ2) is 6.45. The standard InChI is InChI=1S/C24H35N3O2/c1-22(2,3)29-21(28)27-15-23(16-27)13-26(14-23)20(12-17-4-5-17)18-6-8-19(9-7-18)24(25)10-11-24/h6-9,17,20H,4-5,10-16,25H2,1-3H3. The largest absolute Gasteiger partial charge is 0.444 e. The summed E-state index contributed by atoms with van der Waals surface area (Å²) in [4.78, 5) is 16.8. The lowest BCUT2D eigenvalue weighted by atomic mass is 9.71. The number of amides is 1. The van der Waals surface area contributed by atoms with E-state index in [1.807, 2.05) is 25.7 Å². The van der Waals surface area contributed by atoms with Crippen LogP contribution < -0.4 is 5.73 Å². The van der Waals surface area contributed by atoms with E-state index in [9.17, 15) is 4.79 Å². The number of hydrogen-bond donors (Lipinski definition) is 1. The fraction of sp³-hybridized carbons (Fsp3) is 0.708. The molecule has 4 fully saturated rings. The van der Waals surface area contributed by atoms with Crippen LogP contribution in [0, 0.1) is 11.3 Å². The molecule has 2 aliphatic heterocycles. The molecular weight excluding hydrogens is 362 g/mol. The quantitative estimate of drug-likeness (QED) is 0.815. The highest BCUT2D eigenvalue weighted by Crippen LogP contribution is 2.48. The van der Waals surface area contributed by atoms with E-state index in [1.54, 1.807) is 0 Å². The van der Waals surface area contributed by atoms with Crippen LogP contribution in [0.2, 0.25) is 0 Å². The zero-order valence-electron chi connectivity index (χ0n) is 18.1. The Balaban J connectivity index is 1.20. The first-order chi connectivity index (χ1) is 13.6. The highest BCUT2D eigenvalue weighted by atomic mass is 16.6. The average Bonchev–Trinajstić information content (AvgIpc) is 3.48. The van der Waals surface area contributed by atoms with Crippen LogP contribution in [0.5, 0.6) is 0 Å². The summed E-state index contributed by atoms with van der Waals surface area (Å²) in [7, 11) is 0. The third-order valence-corrected chi connectivity index (χ3v) is 7.13. The van der Waals surface area contributed by atoms with Gasteiger partial charge in [-0.2, -0.15) is 0 Å². The van der Waals surface area contributed by atoms with Gasteiger partial charge in [0.1, 0.15) is 5.60 Å². The summed E-state index contributed by atoms with van der Waals surface area (Å²) >= 11 is 0. The van der Waals surface area contributed by atoms with E-state index in [0.29, 0.717) is 6.04 Å². The molecule has 2 saturated heterocycles. The SMILES string of the molecule is CC(C)(C)OC(=O)N1CC2(C1)CN(C(CC1CC1)c1ccc(C3(N)CC3)cc1)C2. The zero-order chi connectivity index (χ0) is 20.4. The van der Waals surface area contributed by atoms with E-state index >= 15 is 0 Å². The number of benzene rings is 1. The van der Waals surface area contributed by atoms with Crippen molar-refractivity contribution in [3.8, 4) is 0 Å². The number of nitrogens with two attached hydrogens (primary N) is 1. The first-order valence-corrected chi connectivity index (χ1v) is 11.3. The molecule has 5 heteroatoms. The van der Waals surface area contributed by atoms with Gasteiger partial charge in [-0.25, -0.2) is 4.79 Å². The van der Waals surface area contributed by atoms with Crippen molar-refractivity contribution >= 4 is 6.09 Å². The van der Waals surface area contributed by atoms with Crippen molar-refractivity contribution in [2.24, 2.45) is 17.1 Å². The van der Waals surface area contributed by atoms with E-state index < -0.39 is 5.60 Å². The molecule has 1 amide bonds. The van der Waals surface area contributed by atoms with Crippen LogP contribution in [0.3, 0.4) is 0 Å². The normalized spacial score (nSPS) is 25.9. The monoisotopic (exact) mass is 397 g/mol. The number of nitrogens with zero attached hydrogens (tertiary/aromatic N) is 2. The summed E-state index contributed by atoms with van der Waals surface area (Å²) < 4.78 is 5.51.